The van der Waals surface area contributed by atoms with Crippen LogP contribution in [0.2, 0.25) is 0 Å². The van der Waals surface area contributed by atoms with Crippen LogP contribution < -0.4 is 5.73 Å². The number of aliphatic hydroxyl groups is 2. The van der Waals surface area contributed by atoms with E-state index in [0.29, 0.717) is 0 Å². The minimum absolute atomic E-state index is 0.170. The summed E-state index contributed by atoms with van der Waals surface area (Å²) in [6.07, 6.45) is -1.69. The van der Waals surface area contributed by atoms with Gasteiger partial charge in [-0.05, 0) is 5.41 Å². The van der Waals surface area contributed by atoms with E-state index in [0.717, 1.165) is 0 Å². The van der Waals surface area contributed by atoms with Crippen molar-refractivity contribution in [2.75, 3.05) is 13.1 Å². The predicted octanol–water partition coefficient (Wildman–Crippen LogP) is -1.08. The SMILES string of the molecule is CC(C)(C)[C@H](N)C(=O)N1CC(O)C(O)C1. The topological polar surface area (TPSA) is 86.8 Å². The molecule has 1 saturated heterocycles. The van der Waals surface area contributed by atoms with E-state index in [4.69, 9.17) is 5.73 Å². The first kappa shape index (κ1) is 12.4. The molecule has 5 heteroatoms. The van der Waals surface area contributed by atoms with Gasteiger partial charge in [0, 0.05) is 13.1 Å². The minimum Gasteiger partial charge on any atom is -0.388 e. The number of carbonyl (C=O) groups is 1. The Morgan fingerprint density at radius 2 is 1.73 bits per heavy atom. The monoisotopic (exact) mass is 216 g/mol. The standard InChI is InChI=1S/C10H20N2O3/c1-10(2,3)8(11)9(15)12-4-6(13)7(14)5-12/h6-8,13-14H,4-5,11H2,1-3H3/t6?,7?,8-/m1/s1. The zero-order valence-corrected chi connectivity index (χ0v) is 9.47. The summed E-state index contributed by atoms with van der Waals surface area (Å²) in [5.41, 5.74) is 5.50. The maximum absolute atomic E-state index is 11.9. The average molecular weight is 216 g/mol. The Hall–Kier alpha value is -0.650. The van der Waals surface area contributed by atoms with Gasteiger partial charge in [-0.15, -0.1) is 0 Å². The lowest BCUT2D eigenvalue weighted by Gasteiger charge is -2.29. The first-order valence-electron chi connectivity index (χ1n) is 5.14. The summed E-state index contributed by atoms with van der Waals surface area (Å²) in [5.74, 6) is -0.210. The summed E-state index contributed by atoms with van der Waals surface area (Å²) in [7, 11) is 0. The van der Waals surface area contributed by atoms with Crippen LogP contribution >= 0.6 is 0 Å². The third kappa shape index (κ3) is 2.68. The molecule has 1 heterocycles. The van der Waals surface area contributed by atoms with Gasteiger partial charge < -0.3 is 20.8 Å². The van der Waals surface area contributed by atoms with Crippen LogP contribution in [0.3, 0.4) is 0 Å². The number of likely N-dealkylation sites (tertiary alicyclic amines) is 1. The zero-order chi connectivity index (χ0) is 11.8. The molecule has 3 atom stereocenters. The molecule has 4 N–H and O–H groups in total. The van der Waals surface area contributed by atoms with Gasteiger partial charge in [-0.2, -0.15) is 0 Å². The summed E-state index contributed by atoms with van der Waals surface area (Å²) < 4.78 is 0. The second-order valence-electron chi connectivity index (χ2n) is 5.22. The molecular formula is C10H20N2O3. The molecule has 1 amide bonds. The van der Waals surface area contributed by atoms with E-state index in [2.05, 4.69) is 0 Å². The lowest BCUT2D eigenvalue weighted by molar-refractivity contribution is -0.134. The van der Waals surface area contributed by atoms with Gasteiger partial charge in [-0.1, -0.05) is 20.8 Å². The third-order valence-corrected chi connectivity index (χ3v) is 2.77. The fourth-order valence-electron chi connectivity index (χ4n) is 1.52. The van der Waals surface area contributed by atoms with Gasteiger partial charge in [0.25, 0.3) is 0 Å². The molecule has 1 rings (SSSR count). The van der Waals surface area contributed by atoms with E-state index in [-0.39, 0.29) is 24.4 Å². The molecule has 1 fully saturated rings. The predicted molar refractivity (Wildman–Crippen MR) is 56.0 cm³/mol. The van der Waals surface area contributed by atoms with Crippen LogP contribution in [0.15, 0.2) is 0 Å². The number of aliphatic hydroxyl groups excluding tert-OH is 2. The third-order valence-electron chi connectivity index (χ3n) is 2.77. The molecule has 1 aliphatic rings. The fraction of sp³-hybridized carbons (Fsp3) is 0.900. The van der Waals surface area contributed by atoms with E-state index in [9.17, 15) is 15.0 Å². The summed E-state index contributed by atoms with van der Waals surface area (Å²) in [4.78, 5) is 13.3. The maximum atomic E-state index is 11.9. The normalized spacial score (nSPS) is 29.3. The van der Waals surface area contributed by atoms with Gasteiger partial charge in [-0.3, -0.25) is 4.79 Å². The highest BCUT2D eigenvalue weighted by Crippen LogP contribution is 2.21. The number of nitrogens with two attached hydrogens (primary N) is 1. The summed E-state index contributed by atoms with van der Waals surface area (Å²) >= 11 is 0. The first-order valence-corrected chi connectivity index (χ1v) is 5.14. The number of β-amino-alcohol motifs (C(OH)–C–C–N with tert-alkyl or cyclic N) is 2. The number of hydrogen-bond acceptors (Lipinski definition) is 4. The van der Waals surface area contributed by atoms with Crippen LogP contribution in [0.1, 0.15) is 20.8 Å². The Morgan fingerprint density at radius 3 is 2.07 bits per heavy atom. The molecule has 0 spiro atoms. The van der Waals surface area contributed by atoms with Gasteiger partial charge in [0.2, 0.25) is 5.91 Å². The van der Waals surface area contributed by atoms with Crippen LogP contribution in [0.25, 0.3) is 0 Å². The first-order chi connectivity index (χ1) is 6.73. The van der Waals surface area contributed by atoms with E-state index < -0.39 is 18.2 Å². The fourth-order valence-corrected chi connectivity index (χ4v) is 1.52. The van der Waals surface area contributed by atoms with E-state index >= 15 is 0 Å². The number of rotatable bonds is 1. The zero-order valence-electron chi connectivity index (χ0n) is 9.47. The molecule has 15 heavy (non-hydrogen) atoms. The molecule has 0 aromatic carbocycles. The van der Waals surface area contributed by atoms with Crippen molar-refractivity contribution in [2.45, 2.75) is 39.0 Å². The van der Waals surface area contributed by atoms with Crippen molar-refractivity contribution in [3.05, 3.63) is 0 Å². The largest absolute Gasteiger partial charge is 0.388 e. The summed E-state index contributed by atoms with van der Waals surface area (Å²) in [6, 6.07) is -0.602. The van der Waals surface area contributed by atoms with Crippen LogP contribution in [-0.4, -0.2) is 52.4 Å². The van der Waals surface area contributed by atoms with Gasteiger partial charge in [-0.25, -0.2) is 0 Å². The van der Waals surface area contributed by atoms with Gasteiger partial charge in [0.05, 0.1) is 18.2 Å². The number of carbonyl (C=O) groups excluding carboxylic acids is 1. The Kier molecular flexibility index (Phi) is 3.38. The second-order valence-corrected chi connectivity index (χ2v) is 5.22. The van der Waals surface area contributed by atoms with E-state index in [1.54, 1.807) is 0 Å². The lowest BCUT2D eigenvalue weighted by Crippen LogP contribution is -2.50. The molecule has 1 aliphatic heterocycles. The molecule has 5 nitrogen and oxygen atoms in total. The highest BCUT2D eigenvalue weighted by molar-refractivity contribution is 5.82. The highest BCUT2D eigenvalue weighted by Gasteiger charge is 2.37. The van der Waals surface area contributed by atoms with Crippen LogP contribution in [0, 0.1) is 5.41 Å². The van der Waals surface area contributed by atoms with Gasteiger partial charge >= 0.3 is 0 Å². The molecule has 2 unspecified atom stereocenters. The average Bonchev–Trinajstić information content (AvgIpc) is 2.43. The number of amides is 1. The van der Waals surface area contributed by atoms with Gasteiger partial charge in [0.15, 0.2) is 0 Å². The summed E-state index contributed by atoms with van der Waals surface area (Å²) in [6.45, 7) is 6.00. The Bertz CT molecular complexity index is 240. The van der Waals surface area contributed by atoms with E-state index in [1.807, 2.05) is 20.8 Å². The molecule has 0 radical (unpaired) electrons. The van der Waals surface area contributed by atoms with Crippen molar-refractivity contribution in [3.8, 4) is 0 Å². The van der Waals surface area contributed by atoms with Crippen LogP contribution in [-0.2, 0) is 4.79 Å². The quantitative estimate of drug-likeness (QED) is 0.520. The molecule has 0 aromatic rings. The summed E-state index contributed by atoms with van der Waals surface area (Å²) in [5, 5.41) is 18.6. The molecule has 0 aromatic heterocycles. The van der Waals surface area contributed by atoms with Crippen molar-refractivity contribution in [3.63, 3.8) is 0 Å². The van der Waals surface area contributed by atoms with Gasteiger partial charge in [0.1, 0.15) is 0 Å². The Labute approximate surface area is 89.9 Å². The van der Waals surface area contributed by atoms with Crippen LogP contribution in [0.5, 0.6) is 0 Å². The highest BCUT2D eigenvalue weighted by atomic mass is 16.3. The molecule has 0 bridgehead atoms. The smallest absolute Gasteiger partial charge is 0.240 e. The molecule has 0 saturated carbocycles. The van der Waals surface area contributed by atoms with Crippen molar-refractivity contribution >= 4 is 5.91 Å². The Morgan fingerprint density at radius 1 is 1.33 bits per heavy atom. The molecule has 88 valence electrons. The molecular weight excluding hydrogens is 196 g/mol. The van der Waals surface area contributed by atoms with Crippen molar-refractivity contribution in [2.24, 2.45) is 11.1 Å². The van der Waals surface area contributed by atoms with Crippen molar-refractivity contribution in [1.29, 1.82) is 0 Å². The van der Waals surface area contributed by atoms with Crippen molar-refractivity contribution < 1.29 is 15.0 Å². The second kappa shape index (κ2) is 4.08. The number of hydrogen-bond donors (Lipinski definition) is 3. The van der Waals surface area contributed by atoms with Crippen LogP contribution in [0.4, 0.5) is 0 Å². The maximum Gasteiger partial charge on any atom is 0.240 e. The molecule has 0 aliphatic carbocycles. The Balaban J connectivity index is 2.63. The lowest BCUT2D eigenvalue weighted by atomic mass is 9.86. The number of nitrogens with zero attached hydrogens (tertiary/aromatic N) is 1. The van der Waals surface area contributed by atoms with E-state index in [1.165, 1.54) is 4.90 Å². The van der Waals surface area contributed by atoms with Crippen molar-refractivity contribution in [1.82, 2.24) is 4.90 Å². The minimum atomic E-state index is -0.846.